The molecule has 8 rings (SSSR count). The molecule has 0 aliphatic carbocycles. The lowest BCUT2D eigenvalue weighted by Gasteiger charge is -2.14. The third kappa shape index (κ3) is 4.48. The van der Waals surface area contributed by atoms with E-state index >= 15 is 0 Å². The van der Waals surface area contributed by atoms with Crippen LogP contribution < -0.4 is 4.67 Å². The normalized spacial score (nSPS) is 14.8. The Morgan fingerprint density at radius 3 is 1.57 bits per heavy atom. The Morgan fingerprint density at radius 1 is 0.477 bits per heavy atom. The van der Waals surface area contributed by atoms with Crippen molar-refractivity contribution in [3.05, 3.63) is 174 Å². The van der Waals surface area contributed by atoms with Crippen LogP contribution >= 0.6 is 0 Å². The van der Waals surface area contributed by atoms with Gasteiger partial charge in [0, 0.05) is 27.6 Å². The van der Waals surface area contributed by atoms with E-state index in [1.54, 1.807) is 0 Å². The van der Waals surface area contributed by atoms with Gasteiger partial charge in [0.25, 0.3) is 0 Å². The highest BCUT2D eigenvalue weighted by Crippen LogP contribution is 2.32. The summed E-state index contributed by atoms with van der Waals surface area (Å²) in [5.74, 6) is 0.770. The number of rotatable bonds is 5. The van der Waals surface area contributed by atoms with Gasteiger partial charge < -0.3 is 4.57 Å². The smallest absolute Gasteiger partial charge is 0.309 e. The third-order valence-electron chi connectivity index (χ3n) is 8.59. The number of nitrogens with zero attached hydrogens (tertiary/aromatic N) is 3. The summed E-state index contributed by atoms with van der Waals surface area (Å²) >= 11 is 0. The van der Waals surface area contributed by atoms with Crippen LogP contribution in [0.1, 0.15) is 23.6 Å². The largest absolute Gasteiger partial charge is 0.422 e. The number of amidine groups is 1. The number of fused-ring (bicyclic) bond motifs is 3. The van der Waals surface area contributed by atoms with Crippen molar-refractivity contribution in [1.82, 2.24) is 9.24 Å². The molecule has 3 nitrogen and oxygen atoms in total. The van der Waals surface area contributed by atoms with E-state index in [1.807, 2.05) is 12.1 Å². The summed E-state index contributed by atoms with van der Waals surface area (Å²) in [5, 5.41) is 2.53. The zero-order valence-corrected chi connectivity index (χ0v) is 24.4. The minimum atomic E-state index is 0.0313. The molecule has 0 radical (unpaired) electrons. The Labute approximate surface area is 256 Å². The molecule has 0 N–H and O–H groups in total. The van der Waals surface area contributed by atoms with Crippen LogP contribution in [-0.4, -0.2) is 21.8 Å². The molecule has 0 amide bonds. The summed E-state index contributed by atoms with van der Waals surface area (Å²) < 4.78 is 7.56. The van der Waals surface area contributed by atoms with E-state index in [-0.39, 0.29) is 5.92 Å². The highest BCUT2D eigenvalue weighted by molar-refractivity contribution is 6.27. The van der Waals surface area contributed by atoms with Crippen LogP contribution in [0.2, 0.25) is 0 Å². The summed E-state index contributed by atoms with van der Waals surface area (Å²) in [6.07, 6.45) is 0. The predicted molar refractivity (Wildman–Crippen MR) is 185 cm³/mol. The number of aliphatic imine (C=N–C) groups is 1. The molecule has 1 aliphatic heterocycles. The van der Waals surface area contributed by atoms with Gasteiger partial charge >= 0.3 is 5.84 Å². The lowest BCUT2D eigenvalue weighted by atomic mass is 9.89. The zero-order valence-electron chi connectivity index (χ0n) is 24.4. The van der Waals surface area contributed by atoms with Crippen molar-refractivity contribution >= 4 is 39.1 Å². The van der Waals surface area contributed by atoms with E-state index in [0.717, 1.165) is 39.6 Å². The number of hydrogen-bond donors (Lipinski definition) is 0. The first-order valence-electron chi connectivity index (χ1n) is 15.1. The molecule has 7 aromatic rings. The van der Waals surface area contributed by atoms with Gasteiger partial charge in [0.15, 0.2) is 5.71 Å². The van der Waals surface area contributed by atoms with Gasteiger partial charge in [-0.15, -0.1) is 0 Å². The Kier molecular flexibility index (Phi) is 6.37. The van der Waals surface area contributed by atoms with Gasteiger partial charge in [0.1, 0.15) is 5.92 Å². The van der Waals surface area contributed by atoms with Crippen LogP contribution in [0.4, 0.5) is 0 Å². The summed E-state index contributed by atoms with van der Waals surface area (Å²) in [5.41, 5.74) is 11.2. The SMILES string of the molecule is CC1C(c2ccccc2)=NC(c2ccc(-c3ccccc3)cc2)=[N+]=C1c1ccc(-n2c3ccccc3c3ccccc32)cc1. The van der Waals surface area contributed by atoms with Gasteiger partial charge in [0.2, 0.25) is 5.71 Å². The van der Waals surface area contributed by atoms with E-state index < -0.39 is 0 Å². The minimum absolute atomic E-state index is 0.0313. The Bertz CT molecular complexity index is 2180. The quantitative estimate of drug-likeness (QED) is 0.187. The van der Waals surface area contributed by atoms with Crippen molar-refractivity contribution in [3.63, 3.8) is 0 Å². The first-order chi connectivity index (χ1) is 21.7. The lowest BCUT2D eigenvalue weighted by molar-refractivity contribution is 1.04. The molecule has 3 heteroatoms. The molecule has 0 spiro atoms. The first-order valence-corrected chi connectivity index (χ1v) is 15.1. The highest BCUT2D eigenvalue weighted by atomic mass is 15.0. The number of benzene rings is 6. The first kappa shape index (κ1) is 25.9. The van der Waals surface area contributed by atoms with Crippen LogP contribution in [0.15, 0.2) is 163 Å². The van der Waals surface area contributed by atoms with Gasteiger partial charge in [-0.2, -0.15) is 0 Å². The van der Waals surface area contributed by atoms with E-state index in [4.69, 9.17) is 9.66 Å². The Morgan fingerprint density at radius 2 is 0.955 bits per heavy atom. The summed E-state index contributed by atoms with van der Waals surface area (Å²) in [6.45, 7) is 2.21. The monoisotopic (exact) mass is 564 g/mol. The summed E-state index contributed by atoms with van der Waals surface area (Å²) in [4.78, 5) is 5.15. The second-order valence-electron chi connectivity index (χ2n) is 11.3. The maximum absolute atomic E-state index is 5.21. The van der Waals surface area contributed by atoms with Crippen LogP contribution in [-0.2, 0) is 0 Å². The van der Waals surface area contributed by atoms with Crippen LogP contribution in [0.25, 0.3) is 38.6 Å². The fourth-order valence-corrected chi connectivity index (χ4v) is 6.37. The van der Waals surface area contributed by atoms with Crippen molar-refractivity contribution in [1.29, 1.82) is 0 Å². The Hall–Kier alpha value is -5.76. The van der Waals surface area contributed by atoms with Crippen molar-refractivity contribution < 1.29 is 0 Å². The molecular weight excluding hydrogens is 534 g/mol. The molecule has 2 heterocycles. The van der Waals surface area contributed by atoms with Gasteiger partial charge in [-0.3, -0.25) is 0 Å². The molecule has 1 atom stereocenters. The standard InChI is InChI=1S/C41H30N3/c1-28-39(31-14-6-3-7-15-31)42-41(33-22-20-30(21-23-33)29-12-4-2-5-13-29)43-40(28)32-24-26-34(27-25-32)44-37-18-10-8-16-35(37)36-17-9-11-19-38(36)44/h2-28H,1H3/q+1. The topological polar surface area (TPSA) is 31.4 Å². The molecule has 6 aromatic carbocycles. The fourth-order valence-electron chi connectivity index (χ4n) is 6.37. The molecule has 0 saturated heterocycles. The zero-order chi connectivity index (χ0) is 29.5. The average Bonchev–Trinajstić information content (AvgIpc) is 3.44. The van der Waals surface area contributed by atoms with E-state index in [2.05, 4.69) is 157 Å². The third-order valence-corrected chi connectivity index (χ3v) is 8.59. The molecule has 1 aliphatic rings. The second-order valence-corrected chi connectivity index (χ2v) is 11.3. The van der Waals surface area contributed by atoms with Gasteiger partial charge in [0.05, 0.1) is 16.6 Å². The summed E-state index contributed by atoms with van der Waals surface area (Å²) in [6, 6.07) is 55.6. The molecule has 1 unspecified atom stereocenters. The van der Waals surface area contributed by atoms with Crippen molar-refractivity contribution in [3.8, 4) is 16.8 Å². The van der Waals surface area contributed by atoms with Crippen molar-refractivity contribution in [2.45, 2.75) is 6.92 Å². The van der Waals surface area contributed by atoms with Gasteiger partial charge in [-0.1, -0.05) is 109 Å². The fraction of sp³-hybridized carbons (Fsp3) is 0.0488. The highest BCUT2D eigenvalue weighted by Gasteiger charge is 2.34. The van der Waals surface area contributed by atoms with Crippen LogP contribution in [0.5, 0.6) is 0 Å². The molecular formula is C41H30N3+. The van der Waals surface area contributed by atoms with Crippen LogP contribution in [0.3, 0.4) is 0 Å². The van der Waals surface area contributed by atoms with E-state index in [9.17, 15) is 0 Å². The van der Waals surface area contributed by atoms with Crippen LogP contribution in [0, 0.1) is 5.92 Å². The molecule has 0 saturated carbocycles. The maximum Gasteiger partial charge on any atom is 0.422 e. The van der Waals surface area contributed by atoms with Gasteiger partial charge in [-0.25, -0.2) is 4.67 Å². The van der Waals surface area contributed by atoms with Gasteiger partial charge in [-0.05, 0) is 71.6 Å². The van der Waals surface area contributed by atoms with Crippen molar-refractivity contribution in [2.24, 2.45) is 10.9 Å². The molecule has 208 valence electrons. The average molecular weight is 565 g/mol. The second kappa shape index (κ2) is 10.8. The minimum Gasteiger partial charge on any atom is -0.309 e. The predicted octanol–water partition coefficient (Wildman–Crippen LogP) is 8.89. The van der Waals surface area contributed by atoms with E-state index in [1.165, 1.54) is 32.9 Å². The van der Waals surface area contributed by atoms with E-state index in [0.29, 0.717) is 0 Å². The van der Waals surface area contributed by atoms with Crippen molar-refractivity contribution in [2.75, 3.05) is 0 Å². The number of aromatic nitrogens is 1. The maximum atomic E-state index is 5.21. The summed E-state index contributed by atoms with van der Waals surface area (Å²) in [7, 11) is 0. The lowest BCUT2D eigenvalue weighted by Crippen LogP contribution is -2.31. The molecule has 44 heavy (non-hydrogen) atoms. The number of para-hydroxylation sites is 2. The Balaban J connectivity index is 1.24. The molecule has 0 bridgehead atoms. The molecule has 0 fully saturated rings. The molecule has 1 aromatic heterocycles. The number of hydrogen-bond acceptors (Lipinski definition) is 1.